The molecule has 0 amide bonds. The third-order valence-electron chi connectivity index (χ3n) is 3.39. The molecule has 0 bridgehead atoms. The van der Waals surface area contributed by atoms with Gasteiger partial charge in [-0.3, -0.25) is 0 Å². The summed E-state index contributed by atoms with van der Waals surface area (Å²) in [7, 11) is 0. The summed E-state index contributed by atoms with van der Waals surface area (Å²) in [4.78, 5) is 0. The molecule has 19 heavy (non-hydrogen) atoms. The van der Waals surface area contributed by atoms with Crippen LogP contribution < -0.4 is 10.5 Å². The first kappa shape index (κ1) is 13.6. The van der Waals surface area contributed by atoms with Crippen LogP contribution in [0.5, 0.6) is 5.75 Å². The molecular weight excluding hydrogens is 234 g/mol. The van der Waals surface area contributed by atoms with Crippen LogP contribution in [-0.2, 0) is 13.2 Å². The summed E-state index contributed by atoms with van der Waals surface area (Å²) >= 11 is 0. The molecule has 2 nitrogen and oxygen atoms in total. The average molecular weight is 255 g/mol. The first-order valence-electron chi connectivity index (χ1n) is 6.59. The zero-order valence-corrected chi connectivity index (χ0v) is 11.9. The Balaban J connectivity index is 2.18. The number of rotatable bonds is 4. The second-order valence-corrected chi connectivity index (χ2v) is 4.98. The Bertz CT molecular complexity index is 552. The van der Waals surface area contributed by atoms with Crippen LogP contribution in [0.1, 0.15) is 27.8 Å². The van der Waals surface area contributed by atoms with Gasteiger partial charge < -0.3 is 10.5 Å². The molecule has 0 radical (unpaired) electrons. The van der Waals surface area contributed by atoms with Crippen molar-refractivity contribution >= 4 is 0 Å². The van der Waals surface area contributed by atoms with Crippen LogP contribution in [0.4, 0.5) is 0 Å². The van der Waals surface area contributed by atoms with Gasteiger partial charge in [-0.2, -0.15) is 0 Å². The topological polar surface area (TPSA) is 35.2 Å². The zero-order chi connectivity index (χ0) is 13.8. The molecule has 0 spiro atoms. The Kier molecular flexibility index (Phi) is 4.23. The SMILES string of the molecule is Cc1ccccc1COc1c(C)cc(CN)cc1C. The fourth-order valence-electron chi connectivity index (χ4n) is 2.31. The van der Waals surface area contributed by atoms with E-state index in [0.717, 1.165) is 22.4 Å². The maximum atomic E-state index is 5.99. The lowest BCUT2D eigenvalue weighted by Gasteiger charge is -2.14. The fourth-order valence-corrected chi connectivity index (χ4v) is 2.31. The van der Waals surface area contributed by atoms with Gasteiger partial charge in [-0.05, 0) is 48.6 Å². The predicted octanol–water partition coefficient (Wildman–Crippen LogP) is 3.65. The third kappa shape index (κ3) is 3.15. The van der Waals surface area contributed by atoms with Gasteiger partial charge in [-0.1, -0.05) is 36.4 Å². The molecule has 0 aliphatic rings. The highest BCUT2D eigenvalue weighted by molar-refractivity contribution is 5.43. The molecule has 0 aliphatic carbocycles. The molecule has 0 saturated carbocycles. The molecule has 2 heteroatoms. The van der Waals surface area contributed by atoms with Crippen LogP contribution in [0.15, 0.2) is 36.4 Å². The lowest BCUT2D eigenvalue weighted by molar-refractivity contribution is 0.301. The summed E-state index contributed by atoms with van der Waals surface area (Å²) in [5.41, 5.74) is 11.6. The van der Waals surface area contributed by atoms with E-state index in [9.17, 15) is 0 Å². The quantitative estimate of drug-likeness (QED) is 0.905. The summed E-state index contributed by atoms with van der Waals surface area (Å²) in [5.74, 6) is 0.973. The molecule has 2 aromatic carbocycles. The van der Waals surface area contributed by atoms with E-state index in [2.05, 4.69) is 45.0 Å². The monoisotopic (exact) mass is 255 g/mol. The number of ether oxygens (including phenoxy) is 1. The first-order valence-corrected chi connectivity index (χ1v) is 6.59. The molecule has 0 fully saturated rings. The van der Waals surface area contributed by atoms with Gasteiger partial charge in [0.1, 0.15) is 12.4 Å². The molecule has 2 aromatic rings. The van der Waals surface area contributed by atoms with E-state index >= 15 is 0 Å². The van der Waals surface area contributed by atoms with E-state index in [1.807, 2.05) is 12.1 Å². The standard InChI is InChI=1S/C17H21NO/c1-12-6-4-5-7-16(12)11-19-17-13(2)8-15(10-18)9-14(17)3/h4-9H,10-11,18H2,1-3H3. The van der Waals surface area contributed by atoms with Gasteiger partial charge >= 0.3 is 0 Å². The summed E-state index contributed by atoms with van der Waals surface area (Å²) < 4.78 is 5.99. The van der Waals surface area contributed by atoms with Crippen molar-refractivity contribution in [3.8, 4) is 5.75 Å². The van der Waals surface area contributed by atoms with Gasteiger partial charge in [0.15, 0.2) is 0 Å². The maximum absolute atomic E-state index is 5.99. The largest absolute Gasteiger partial charge is 0.488 e. The van der Waals surface area contributed by atoms with E-state index in [-0.39, 0.29) is 0 Å². The maximum Gasteiger partial charge on any atom is 0.125 e. The van der Waals surface area contributed by atoms with Crippen LogP contribution in [0, 0.1) is 20.8 Å². The second-order valence-electron chi connectivity index (χ2n) is 4.98. The van der Waals surface area contributed by atoms with Crippen molar-refractivity contribution in [1.29, 1.82) is 0 Å². The highest BCUT2D eigenvalue weighted by Crippen LogP contribution is 2.26. The van der Waals surface area contributed by atoms with Crippen molar-refractivity contribution in [2.75, 3.05) is 0 Å². The van der Waals surface area contributed by atoms with Crippen LogP contribution in [0.25, 0.3) is 0 Å². The minimum absolute atomic E-state index is 0.569. The van der Waals surface area contributed by atoms with E-state index in [0.29, 0.717) is 13.2 Å². The Morgan fingerprint density at radius 2 is 1.58 bits per heavy atom. The lowest BCUT2D eigenvalue weighted by atomic mass is 10.1. The highest BCUT2D eigenvalue weighted by atomic mass is 16.5. The minimum Gasteiger partial charge on any atom is -0.488 e. The van der Waals surface area contributed by atoms with Crippen molar-refractivity contribution in [3.05, 3.63) is 64.2 Å². The molecule has 0 saturated heterocycles. The van der Waals surface area contributed by atoms with Gasteiger partial charge in [0.25, 0.3) is 0 Å². The highest BCUT2D eigenvalue weighted by Gasteiger charge is 2.07. The van der Waals surface area contributed by atoms with Crippen LogP contribution in [0.2, 0.25) is 0 Å². The van der Waals surface area contributed by atoms with Crippen molar-refractivity contribution < 1.29 is 4.74 Å². The Morgan fingerprint density at radius 3 is 2.16 bits per heavy atom. The van der Waals surface area contributed by atoms with Gasteiger partial charge in [0.2, 0.25) is 0 Å². The molecule has 0 heterocycles. The van der Waals surface area contributed by atoms with E-state index in [1.165, 1.54) is 11.1 Å². The Labute approximate surface area is 115 Å². The summed E-state index contributed by atoms with van der Waals surface area (Å²) in [5, 5.41) is 0. The first-order chi connectivity index (χ1) is 9.11. The predicted molar refractivity (Wildman–Crippen MR) is 79.3 cm³/mol. The number of aryl methyl sites for hydroxylation is 3. The lowest BCUT2D eigenvalue weighted by Crippen LogP contribution is -2.03. The number of hydrogen-bond donors (Lipinski definition) is 1. The summed E-state index contributed by atoms with van der Waals surface area (Å²) in [6.07, 6.45) is 0. The molecule has 0 unspecified atom stereocenters. The number of hydrogen-bond acceptors (Lipinski definition) is 2. The number of benzene rings is 2. The molecule has 0 aromatic heterocycles. The van der Waals surface area contributed by atoms with Crippen molar-refractivity contribution in [2.45, 2.75) is 33.9 Å². The van der Waals surface area contributed by atoms with E-state index in [1.54, 1.807) is 0 Å². The van der Waals surface area contributed by atoms with Crippen LogP contribution >= 0.6 is 0 Å². The molecule has 2 N–H and O–H groups in total. The van der Waals surface area contributed by atoms with E-state index in [4.69, 9.17) is 10.5 Å². The van der Waals surface area contributed by atoms with Crippen LogP contribution in [0.3, 0.4) is 0 Å². The Hall–Kier alpha value is -1.80. The van der Waals surface area contributed by atoms with Crippen molar-refractivity contribution in [3.63, 3.8) is 0 Å². The smallest absolute Gasteiger partial charge is 0.125 e. The zero-order valence-electron chi connectivity index (χ0n) is 11.9. The molecular formula is C17H21NO. The molecule has 100 valence electrons. The Morgan fingerprint density at radius 1 is 0.947 bits per heavy atom. The fraction of sp³-hybridized carbons (Fsp3) is 0.294. The minimum atomic E-state index is 0.569. The normalized spacial score (nSPS) is 10.5. The van der Waals surface area contributed by atoms with Gasteiger partial charge in [-0.25, -0.2) is 0 Å². The van der Waals surface area contributed by atoms with Crippen LogP contribution in [-0.4, -0.2) is 0 Å². The van der Waals surface area contributed by atoms with Gasteiger partial charge in [-0.15, -0.1) is 0 Å². The van der Waals surface area contributed by atoms with Crippen molar-refractivity contribution in [2.24, 2.45) is 5.73 Å². The van der Waals surface area contributed by atoms with Crippen molar-refractivity contribution in [1.82, 2.24) is 0 Å². The summed E-state index contributed by atoms with van der Waals surface area (Å²) in [6.45, 7) is 7.42. The molecule has 0 atom stereocenters. The molecule has 2 rings (SSSR count). The van der Waals surface area contributed by atoms with Gasteiger partial charge in [0, 0.05) is 6.54 Å². The molecule has 0 aliphatic heterocycles. The average Bonchev–Trinajstić information content (AvgIpc) is 2.39. The summed E-state index contributed by atoms with van der Waals surface area (Å²) in [6, 6.07) is 12.5. The third-order valence-corrected chi connectivity index (χ3v) is 3.39. The van der Waals surface area contributed by atoms with Gasteiger partial charge in [0.05, 0.1) is 0 Å². The van der Waals surface area contributed by atoms with E-state index < -0.39 is 0 Å². The number of nitrogens with two attached hydrogens (primary N) is 1. The second kappa shape index (κ2) is 5.89.